The minimum atomic E-state index is -1.13. The van der Waals surface area contributed by atoms with Gasteiger partial charge in [0.15, 0.2) is 5.82 Å². The topological polar surface area (TPSA) is 109 Å². The zero-order chi connectivity index (χ0) is 15.4. The number of carbonyl (C=O) groups is 2. The highest BCUT2D eigenvalue weighted by molar-refractivity contribution is 9.10. The molecule has 0 aliphatic heterocycles. The van der Waals surface area contributed by atoms with Crippen LogP contribution in [0.25, 0.3) is 0 Å². The first-order chi connectivity index (χ1) is 9.95. The number of benzene rings is 1. The number of anilines is 1. The Balaban J connectivity index is 2.01. The molecule has 8 nitrogen and oxygen atoms in total. The predicted octanol–water partition coefficient (Wildman–Crippen LogP) is 1.60. The summed E-state index contributed by atoms with van der Waals surface area (Å²) in [7, 11) is 1.72. The van der Waals surface area contributed by atoms with E-state index < -0.39 is 12.0 Å². The maximum Gasteiger partial charge on any atom is 0.337 e. The number of nitrogens with zero attached hydrogens (tertiary/aromatic N) is 3. The first kappa shape index (κ1) is 15.0. The third-order valence-corrected chi connectivity index (χ3v) is 3.01. The van der Waals surface area contributed by atoms with Gasteiger partial charge >= 0.3 is 12.0 Å². The van der Waals surface area contributed by atoms with E-state index in [2.05, 4.69) is 36.6 Å². The van der Waals surface area contributed by atoms with E-state index in [0.717, 1.165) is 0 Å². The minimum Gasteiger partial charge on any atom is -0.478 e. The van der Waals surface area contributed by atoms with Crippen LogP contribution in [0.4, 0.5) is 10.5 Å². The lowest BCUT2D eigenvalue weighted by molar-refractivity contribution is 0.0698. The van der Waals surface area contributed by atoms with Crippen LogP contribution in [-0.2, 0) is 13.6 Å². The Morgan fingerprint density at radius 3 is 2.81 bits per heavy atom. The van der Waals surface area contributed by atoms with Gasteiger partial charge in [-0.05, 0) is 18.2 Å². The van der Waals surface area contributed by atoms with E-state index in [1.54, 1.807) is 13.1 Å². The van der Waals surface area contributed by atoms with E-state index in [-0.39, 0.29) is 17.8 Å². The Bertz CT molecular complexity index is 685. The van der Waals surface area contributed by atoms with Gasteiger partial charge in [-0.1, -0.05) is 15.9 Å². The summed E-state index contributed by atoms with van der Waals surface area (Å²) in [4.78, 5) is 26.8. The molecule has 1 aromatic heterocycles. The Kier molecular flexibility index (Phi) is 4.53. The summed E-state index contributed by atoms with van der Waals surface area (Å²) in [5.74, 6) is -0.667. The number of nitrogens with one attached hydrogen (secondary N) is 2. The Morgan fingerprint density at radius 2 is 2.19 bits per heavy atom. The number of carbonyl (C=O) groups excluding carboxylic acids is 1. The van der Waals surface area contributed by atoms with Crippen molar-refractivity contribution in [1.29, 1.82) is 0 Å². The lowest BCUT2D eigenvalue weighted by atomic mass is 10.2. The zero-order valence-corrected chi connectivity index (χ0v) is 12.6. The number of aromatic nitrogens is 3. The van der Waals surface area contributed by atoms with Crippen LogP contribution in [0.2, 0.25) is 0 Å². The number of rotatable bonds is 4. The monoisotopic (exact) mass is 353 g/mol. The number of carboxylic acids is 1. The maximum atomic E-state index is 11.8. The molecule has 21 heavy (non-hydrogen) atoms. The van der Waals surface area contributed by atoms with Crippen molar-refractivity contribution in [2.75, 3.05) is 5.32 Å². The molecule has 1 aromatic carbocycles. The smallest absolute Gasteiger partial charge is 0.337 e. The van der Waals surface area contributed by atoms with Crippen LogP contribution in [-0.4, -0.2) is 31.9 Å². The van der Waals surface area contributed by atoms with Crippen LogP contribution in [0.3, 0.4) is 0 Å². The van der Waals surface area contributed by atoms with Crippen LogP contribution >= 0.6 is 15.9 Å². The molecule has 2 rings (SSSR count). The number of urea groups is 1. The first-order valence-electron chi connectivity index (χ1n) is 5.88. The number of amides is 2. The van der Waals surface area contributed by atoms with Crippen molar-refractivity contribution in [3.05, 3.63) is 40.4 Å². The molecule has 0 saturated heterocycles. The van der Waals surface area contributed by atoms with Gasteiger partial charge in [0.2, 0.25) is 0 Å². The third-order valence-electron chi connectivity index (χ3n) is 2.51. The normalized spacial score (nSPS) is 10.2. The van der Waals surface area contributed by atoms with E-state index in [9.17, 15) is 9.59 Å². The van der Waals surface area contributed by atoms with Crippen molar-refractivity contribution < 1.29 is 14.7 Å². The molecule has 2 amide bonds. The van der Waals surface area contributed by atoms with E-state index in [1.165, 1.54) is 23.1 Å². The number of hydrogen-bond acceptors (Lipinski definition) is 4. The summed E-state index contributed by atoms with van der Waals surface area (Å²) in [6, 6.07) is 4.03. The predicted molar refractivity (Wildman–Crippen MR) is 78.0 cm³/mol. The van der Waals surface area contributed by atoms with Gasteiger partial charge in [-0.25, -0.2) is 14.6 Å². The van der Waals surface area contributed by atoms with Gasteiger partial charge < -0.3 is 15.7 Å². The van der Waals surface area contributed by atoms with Crippen LogP contribution in [0.15, 0.2) is 29.0 Å². The molecule has 2 aromatic rings. The fourth-order valence-electron chi connectivity index (χ4n) is 1.59. The molecule has 0 fully saturated rings. The van der Waals surface area contributed by atoms with Gasteiger partial charge in [0.05, 0.1) is 17.8 Å². The van der Waals surface area contributed by atoms with Crippen molar-refractivity contribution in [2.24, 2.45) is 7.05 Å². The largest absolute Gasteiger partial charge is 0.478 e. The second-order valence-electron chi connectivity index (χ2n) is 4.14. The number of carboxylic acid groups (broad SMARTS) is 1. The van der Waals surface area contributed by atoms with Gasteiger partial charge in [0.25, 0.3) is 0 Å². The van der Waals surface area contributed by atoms with Crippen molar-refractivity contribution in [3.8, 4) is 0 Å². The Hall–Kier alpha value is -2.42. The molecule has 0 unspecified atom stereocenters. The lowest BCUT2D eigenvalue weighted by Gasteiger charge is -2.09. The van der Waals surface area contributed by atoms with Crippen LogP contribution in [0, 0.1) is 0 Å². The second kappa shape index (κ2) is 6.35. The average Bonchev–Trinajstić information content (AvgIpc) is 2.84. The van der Waals surface area contributed by atoms with Crippen LogP contribution < -0.4 is 10.6 Å². The number of aryl methyl sites for hydroxylation is 1. The van der Waals surface area contributed by atoms with Gasteiger partial charge in [-0.3, -0.25) is 4.68 Å². The second-order valence-corrected chi connectivity index (χ2v) is 5.05. The SMILES string of the molecule is Cn1cnc(CNC(=O)Nc2ccc(Br)cc2C(=O)O)n1. The summed E-state index contributed by atoms with van der Waals surface area (Å²) in [6.45, 7) is 0.144. The van der Waals surface area contributed by atoms with Gasteiger partial charge in [-0.15, -0.1) is 0 Å². The molecule has 0 spiro atoms. The molecule has 0 atom stereocenters. The van der Waals surface area contributed by atoms with E-state index in [4.69, 9.17) is 5.11 Å². The number of halogens is 1. The Labute approximate surface area is 128 Å². The lowest BCUT2D eigenvalue weighted by Crippen LogP contribution is -2.29. The summed E-state index contributed by atoms with van der Waals surface area (Å²) in [5.41, 5.74) is 0.202. The maximum absolute atomic E-state index is 11.8. The summed E-state index contributed by atoms with van der Waals surface area (Å²) in [6.07, 6.45) is 1.52. The highest BCUT2D eigenvalue weighted by Crippen LogP contribution is 2.21. The average molecular weight is 354 g/mol. The van der Waals surface area contributed by atoms with Crippen molar-refractivity contribution in [2.45, 2.75) is 6.54 Å². The van der Waals surface area contributed by atoms with Gasteiger partial charge in [0, 0.05) is 11.5 Å². The van der Waals surface area contributed by atoms with Gasteiger partial charge in [-0.2, -0.15) is 5.10 Å². The van der Waals surface area contributed by atoms with E-state index >= 15 is 0 Å². The van der Waals surface area contributed by atoms with Crippen molar-refractivity contribution >= 4 is 33.6 Å². The standard InChI is InChI=1S/C12H12BrN5O3/c1-18-6-15-10(17-18)5-14-12(21)16-9-3-2-7(13)4-8(9)11(19)20/h2-4,6H,5H2,1H3,(H,19,20)(H2,14,16,21). The van der Waals surface area contributed by atoms with Crippen LogP contribution in [0.5, 0.6) is 0 Å². The molecule has 9 heteroatoms. The molecule has 0 bridgehead atoms. The molecule has 0 saturated carbocycles. The quantitative estimate of drug-likeness (QED) is 0.773. The number of hydrogen-bond donors (Lipinski definition) is 3. The van der Waals surface area contributed by atoms with E-state index in [0.29, 0.717) is 10.3 Å². The highest BCUT2D eigenvalue weighted by Gasteiger charge is 2.13. The molecule has 0 aliphatic rings. The molecule has 1 heterocycles. The molecule has 110 valence electrons. The molecule has 0 aliphatic carbocycles. The third kappa shape index (κ3) is 4.02. The fraction of sp³-hybridized carbons (Fsp3) is 0.167. The molecular formula is C12H12BrN5O3. The molecule has 3 N–H and O–H groups in total. The Morgan fingerprint density at radius 1 is 1.43 bits per heavy atom. The highest BCUT2D eigenvalue weighted by atomic mass is 79.9. The first-order valence-corrected chi connectivity index (χ1v) is 6.67. The van der Waals surface area contributed by atoms with Gasteiger partial charge in [0.1, 0.15) is 6.33 Å². The summed E-state index contributed by atoms with van der Waals surface area (Å²) in [5, 5.41) is 18.1. The van der Waals surface area contributed by atoms with Crippen molar-refractivity contribution in [3.63, 3.8) is 0 Å². The summed E-state index contributed by atoms with van der Waals surface area (Å²) >= 11 is 3.18. The molecule has 0 radical (unpaired) electrons. The van der Waals surface area contributed by atoms with Crippen molar-refractivity contribution in [1.82, 2.24) is 20.1 Å². The summed E-state index contributed by atoms with van der Waals surface area (Å²) < 4.78 is 2.13. The minimum absolute atomic E-state index is 0.00418. The van der Waals surface area contributed by atoms with E-state index in [1.807, 2.05) is 0 Å². The zero-order valence-electron chi connectivity index (χ0n) is 11.0. The fourth-order valence-corrected chi connectivity index (χ4v) is 1.95. The van der Waals surface area contributed by atoms with Crippen LogP contribution in [0.1, 0.15) is 16.2 Å². The molecular weight excluding hydrogens is 342 g/mol. The number of aromatic carboxylic acids is 1.